The second kappa shape index (κ2) is 6.61. The monoisotopic (exact) mass is 301 g/mol. The maximum absolute atomic E-state index is 11.3. The number of rotatable bonds is 6. The summed E-state index contributed by atoms with van der Waals surface area (Å²) < 4.78 is 0. The number of anilines is 3. The Kier molecular flexibility index (Phi) is 4.62. The van der Waals surface area contributed by atoms with E-state index in [-0.39, 0.29) is 23.1 Å². The fourth-order valence-corrected chi connectivity index (χ4v) is 1.86. The van der Waals surface area contributed by atoms with Crippen molar-refractivity contribution in [3.8, 4) is 0 Å². The Morgan fingerprint density at radius 3 is 2.41 bits per heavy atom. The summed E-state index contributed by atoms with van der Waals surface area (Å²) in [5.41, 5.74) is 0.935. The standard InChI is InChI=1S/C14H15N5O3/c1-3-15-13-12(19(21)22)14(17-8-16-13)18-11-6-4-10(5-7-11)9(2)20/h4-8H,3H2,1-2H3,(H2,15,16,17,18). The molecule has 0 aliphatic heterocycles. The first-order valence-corrected chi connectivity index (χ1v) is 6.64. The normalized spacial score (nSPS) is 10.1. The first kappa shape index (κ1) is 15.4. The number of hydrogen-bond acceptors (Lipinski definition) is 7. The van der Waals surface area contributed by atoms with Gasteiger partial charge in [0, 0.05) is 17.8 Å². The largest absolute Gasteiger partial charge is 0.364 e. The summed E-state index contributed by atoms with van der Waals surface area (Å²) in [5.74, 6) is 0.200. The quantitative estimate of drug-likeness (QED) is 0.479. The van der Waals surface area contributed by atoms with Crippen molar-refractivity contribution < 1.29 is 9.72 Å². The lowest BCUT2D eigenvalue weighted by Gasteiger charge is -2.09. The van der Waals surface area contributed by atoms with Gasteiger partial charge in [-0.3, -0.25) is 14.9 Å². The molecule has 1 heterocycles. The lowest BCUT2D eigenvalue weighted by molar-refractivity contribution is -0.383. The zero-order valence-electron chi connectivity index (χ0n) is 12.2. The molecule has 8 nitrogen and oxygen atoms in total. The Bertz CT molecular complexity index is 700. The predicted octanol–water partition coefficient (Wildman–Crippen LogP) is 2.76. The van der Waals surface area contributed by atoms with Gasteiger partial charge in [-0.25, -0.2) is 9.97 Å². The van der Waals surface area contributed by atoms with Gasteiger partial charge in [0.05, 0.1) is 4.92 Å². The minimum atomic E-state index is -0.537. The molecule has 2 aromatic rings. The van der Waals surface area contributed by atoms with Crippen LogP contribution in [-0.4, -0.2) is 27.2 Å². The third kappa shape index (κ3) is 3.35. The number of ketones is 1. The van der Waals surface area contributed by atoms with E-state index in [1.165, 1.54) is 13.3 Å². The van der Waals surface area contributed by atoms with E-state index >= 15 is 0 Å². The molecule has 2 rings (SSSR count). The van der Waals surface area contributed by atoms with Gasteiger partial charge in [-0.2, -0.15) is 0 Å². The summed E-state index contributed by atoms with van der Waals surface area (Å²) in [7, 11) is 0. The highest BCUT2D eigenvalue weighted by Gasteiger charge is 2.22. The van der Waals surface area contributed by atoms with Crippen molar-refractivity contribution in [3.63, 3.8) is 0 Å². The number of aromatic nitrogens is 2. The van der Waals surface area contributed by atoms with Crippen LogP contribution in [0.1, 0.15) is 24.2 Å². The van der Waals surface area contributed by atoms with Gasteiger partial charge in [0.2, 0.25) is 11.6 Å². The van der Waals surface area contributed by atoms with Crippen LogP contribution in [0.2, 0.25) is 0 Å². The topological polar surface area (TPSA) is 110 Å². The van der Waals surface area contributed by atoms with Crippen molar-refractivity contribution in [2.75, 3.05) is 17.2 Å². The number of nitrogens with zero attached hydrogens (tertiary/aromatic N) is 3. The summed E-state index contributed by atoms with van der Waals surface area (Å²) in [6.45, 7) is 3.80. The second-order valence-electron chi connectivity index (χ2n) is 4.47. The third-order valence-electron chi connectivity index (χ3n) is 2.90. The molecule has 2 N–H and O–H groups in total. The Morgan fingerprint density at radius 2 is 1.86 bits per heavy atom. The zero-order valence-corrected chi connectivity index (χ0v) is 12.2. The van der Waals surface area contributed by atoms with Crippen LogP contribution < -0.4 is 10.6 Å². The molecule has 0 aliphatic carbocycles. The molecular weight excluding hydrogens is 286 g/mol. The van der Waals surface area contributed by atoms with Crippen LogP contribution >= 0.6 is 0 Å². The molecule has 1 aromatic heterocycles. The van der Waals surface area contributed by atoms with Crippen molar-refractivity contribution in [1.29, 1.82) is 0 Å². The van der Waals surface area contributed by atoms with Crippen LogP contribution in [0.25, 0.3) is 0 Å². The summed E-state index contributed by atoms with van der Waals surface area (Å²) >= 11 is 0. The van der Waals surface area contributed by atoms with Gasteiger partial charge in [0.25, 0.3) is 0 Å². The van der Waals surface area contributed by atoms with Crippen LogP contribution in [0.3, 0.4) is 0 Å². The highest BCUT2D eigenvalue weighted by molar-refractivity contribution is 5.94. The molecule has 0 amide bonds. The van der Waals surface area contributed by atoms with Crippen LogP contribution in [-0.2, 0) is 0 Å². The van der Waals surface area contributed by atoms with Crippen LogP contribution in [0.15, 0.2) is 30.6 Å². The fourth-order valence-electron chi connectivity index (χ4n) is 1.86. The van der Waals surface area contributed by atoms with Crippen LogP contribution in [0.5, 0.6) is 0 Å². The highest BCUT2D eigenvalue weighted by Crippen LogP contribution is 2.30. The van der Waals surface area contributed by atoms with Crippen molar-refractivity contribution >= 4 is 28.8 Å². The van der Waals surface area contributed by atoms with E-state index in [1.807, 2.05) is 6.92 Å². The van der Waals surface area contributed by atoms with Gasteiger partial charge in [-0.15, -0.1) is 0 Å². The molecule has 1 aromatic carbocycles. The Hall–Kier alpha value is -3.03. The first-order chi connectivity index (χ1) is 10.5. The molecule has 114 valence electrons. The predicted molar refractivity (Wildman–Crippen MR) is 82.6 cm³/mol. The number of carbonyl (C=O) groups excluding carboxylic acids is 1. The minimum Gasteiger partial charge on any atom is -0.364 e. The van der Waals surface area contributed by atoms with E-state index in [2.05, 4.69) is 20.6 Å². The molecule has 0 atom stereocenters. The SMILES string of the molecule is CCNc1ncnc(Nc2ccc(C(C)=O)cc2)c1[N+](=O)[O-]. The molecule has 0 spiro atoms. The molecule has 0 bridgehead atoms. The molecule has 8 heteroatoms. The lowest BCUT2D eigenvalue weighted by Crippen LogP contribution is -2.07. The van der Waals surface area contributed by atoms with Gasteiger partial charge in [0.15, 0.2) is 5.78 Å². The summed E-state index contributed by atoms with van der Waals surface area (Å²) in [6, 6.07) is 6.61. The van der Waals surface area contributed by atoms with Gasteiger partial charge >= 0.3 is 5.69 Å². The molecule has 22 heavy (non-hydrogen) atoms. The lowest BCUT2D eigenvalue weighted by atomic mass is 10.1. The van der Waals surface area contributed by atoms with Gasteiger partial charge in [-0.05, 0) is 38.1 Å². The van der Waals surface area contributed by atoms with Gasteiger partial charge in [0.1, 0.15) is 6.33 Å². The Balaban J connectivity index is 2.34. The Labute approximate surface area is 126 Å². The van der Waals surface area contributed by atoms with Crippen molar-refractivity contribution in [2.45, 2.75) is 13.8 Å². The maximum atomic E-state index is 11.3. The molecule has 0 aliphatic rings. The van der Waals surface area contributed by atoms with Crippen molar-refractivity contribution in [3.05, 3.63) is 46.3 Å². The number of Topliss-reactive ketones (excluding diaryl/α,β-unsaturated/α-hetero) is 1. The fraction of sp³-hybridized carbons (Fsp3) is 0.214. The summed E-state index contributed by atoms with van der Waals surface area (Å²) in [6.07, 6.45) is 1.25. The van der Waals surface area contributed by atoms with Crippen LogP contribution in [0.4, 0.5) is 23.0 Å². The van der Waals surface area contributed by atoms with E-state index < -0.39 is 4.92 Å². The third-order valence-corrected chi connectivity index (χ3v) is 2.90. The minimum absolute atomic E-state index is 0.0472. The Morgan fingerprint density at radius 1 is 1.23 bits per heavy atom. The van der Waals surface area contributed by atoms with E-state index in [9.17, 15) is 14.9 Å². The van der Waals surface area contributed by atoms with E-state index in [4.69, 9.17) is 0 Å². The highest BCUT2D eigenvalue weighted by atomic mass is 16.6. The molecule has 0 saturated heterocycles. The molecule has 0 unspecified atom stereocenters. The molecule has 0 radical (unpaired) electrons. The number of carbonyl (C=O) groups is 1. The van der Waals surface area contributed by atoms with Gasteiger partial charge < -0.3 is 10.6 Å². The summed E-state index contributed by atoms with van der Waals surface area (Å²) in [4.78, 5) is 29.8. The average molecular weight is 301 g/mol. The zero-order chi connectivity index (χ0) is 16.1. The molecule has 0 fully saturated rings. The second-order valence-corrected chi connectivity index (χ2v) is 4.47. The number of nitro groups is 1. The maximum Gasteiger partial charge on any atom is 0.353 e. The van der Waals surface area contributed by atoms with E-state index in [0.29, 0.717) is 17.8 Å². The summed E-state index contributed by atoms with van der Waals surface area (Å²) in [5, 5.41) is 17.0. The molecule has 0 saturated carbocycles. The number of hydrogen-bond donors (Lipinski definition) is 2. The van der Waals surface area contributed by atoms with Crippen LogP contribution in [0, 0.1) is 10.1 Å². The smallest absolute Gasteiger partial charge is 0.353 e. The van der Waals surface area contributed by atoms with Crippen molar-refractivity contribution in [2.24, 2.45) is 0 Å². The van der Waals surface area contributed by atoms with Gasteiger partial charge in [-0.1, -0.05) is 0 Å². The first-order valence-electron chi connectivity index (χ1n) is 6.64. The van der Waals surface area contributed by atoms with E-state index in [0.717, 1.165) is 0 Å². The molecular formula is C14H15N5O3. The number of benzene rings is 1. The van der Waals surface area contributed by atoms with Crippen molar-refractivity contribution in [1.82, 2.24) is 9.97 Å². The average Bonchev–Trinajstić information content (AvgIpc) is 2.48. The number of nitrogens with one attached hydrogen (secondary N) is 2. The van der Waals surface area contributed by atoms with E-state index in [1.54, 1.807) is 24.3 Å².